The van der Waals surface area contributed by atoms with Gasteiger partial charge in [0.2, 0.25) is 0 Å². The monoisotopic (exact) mass is 376 g/mol. The van der Waals surface area contributed by atoms with Crippen LogP contribution in [0.15, 0.2) is 77.0 Å². The van der Waals surface area contributed by atoms with Crippen LogP contribution in [-0.2, 0) is 4.79 Å². The SMILES string of the molecule is COc1ccc(NC(=O)/C(=C/c2ccco2)NC(=O)c2ccccc2C)cc1. The van der Waals surface area contributed by atoms with Crippen LogP contribution in [0.1, 0.15) is 21.7 Å². The van der Waals surface area contributed by atoms with Gasteiger partial charge in [0, 0.05) is 17.3 Å². The number of methoxy groups -OCH3 is 1. The number of carbonyl (C=O) groups excluding carboxylic acids is 2. The number of rotatable bonds is 6. The molecule has 1 heterocycles. The summed E-state index contributed by atoms with van der Waals surface area (Å²) in [6.45, 7) is 1.84. The van der Waals surface area contributed by atoms with Gasteiger partial charge in [-0.3, -0.25) is 9.59 Å². The first kappa shape index (κ1) is 19.0. The van der Waals surface area contributed by atoms with Gasteiger partial charge in [0.05, 0.1) is 13.4 Å². The Labute approximate surface area is 162 Å². The zero-order chi connectivity index (χ0) is 19.9. The normalized spacial score (nSPS) is 11.0. The van der Waals surface area contributed by atoms with E-state index in [9.17, 15) is 9.59 Å². The van der Waals surface area contributed by atoms with E-state index in [1.807, 2.05) is 19.1 Å². The van der Waals surface area contributed by atoms with Crippen molar-refractivity contribution in [2.75, 3.05) is 12.4 Å². The molecule has 0 saturated heterocycles. The maximum atomic E-state index is 12.8. The predicted molar refractivity (Wildman–Crippen MR) is 107 cm³/mol. The molecule has 0 aliphatic rings. The fourth-order valence-electron chi connectivity index (χ4n) is 2.56. The van der Waals surface area contributed by atoms with E-state index in [0.29, 0.717) is 22.8 Å². The lowest BCUT2D eigenvalue weighted by Crippen LogP contribution is -2.31. The highest BCUT2D eigenvalue weighted by Crippen LogP contribution is 2.16. The van der Waals surface area contributed by atoms with E-state index >= 15 is 0 Å². The Morgan fingerprint density at radius 2 is 1.75 bits per heavy atom. The zero-order valence-corrected chi connectivity index (χ0v) is 15.6. The van der Waals surface area contributed by atoms with Crippen molar-refractivity contribution in [2.24, 2.45) is 0 Å². The van der Waals surface area contributed by atoms with Crippen LogP contribution in [0.5, 0.6) is 5.75 Å². The van der Waals surface area contributed by atoms with Crippen molar-refractivity contribution in [3.8, 4) is 5.75 Å². The van der Waals surface area contributed by atoms with Crippen molar-refractivity contribution in [3.05, 3.63) is 89.5 Å². The predicted octanol–water partition coefficient (Wildman–Crippen LogP) is 4.01. The number of furan rings is 1. The van der Waals surface area contributed by atoms with Crippen LogP contribution >= 0.6 is 0 Å². The molecule has 1 aromatic heterocycles. The minimum atomic E-state index is -0.469. The first-order valence-corrected chi connectivity index (χ1v) is 8.64. The van der Waals surface area contributed by atoms with Crippen molar-refractivity contribution in [1.82, 2.24) is 5.32 Å². The smallest absolute Gasteiger partial charge is 0.272 e. The van der Waals surface area contributed by atoms with Gasteiger partial charge in [-0.2, -0.15) is 0 Å². The van der Waals surface area contributed by atoms with E-state index in [1.54, 1.807) is 55.6 Å². The largest absolute Gasteiger partial charge is 0.497 e. The molecule has 0 unspecified atom stereocenters. The number of ether oxygens (including phenoxy) is 1. The van der Waals surface area contributed by atoms with E-state index in [-0.39, 0.29) is 11.6 Å². The van der Waals surface area contributed by atoms with Gasteiger partial charge in [-0.25, -0.2) is 0 Å². The molecule has 2 N–H and O–H groups in total. The summed E-state index contributed by atoms with van der Waals surface area (Å²) < 4.78 is 10.4. The zero-order valence-electron chi connectivity index (χ0n) is 15.6. The van der Waals surface area contributed by atoms with Crippen LogP contribution in [0.3, 0.4) is 0 Å². The van der Waals surface area contributed by atoms with Gasteiger partial charge in [0.15, 0.2) is 0 Å². The molecule has 2 amide bonds. The highest BCUT2D eigenvalue weighted by atomic mass is 16.5. The molecule has 3 aromatic rings. The third-order valence-electron chi connectivity index (χ3n) is 4.06. The van der Waals surface area contributed by atoms with Gasteiger partial charge in [0.1, 0.15) is 17.2 Å². The molecule has 6 heteroatoms. The molecule has 0 saturated carbocycles. The second-order valence-corrected chi connectivity index (χ2v) is 6.03. The standard InChI is InChI=1S/C22H20N2O4/c1-15-6-3-4-8-19(15)21(25)24-20(14-18-7-5-13-28-18)22(26)23-16-9-11-17(27-2)12-10-16/h3-14H,1-2H3,(H,23,26)(H,24,25)/b20-14-. The van der Waals surface area contributed by atoms with E-state index in [0.717, 1.165) is 5.56 Å². The molecule has 28 heavy (non-hydrogen) atoms. The van der Waals surface area contributed by atoms with Gasteiger partial charge in [-0.05, 0) is 55.0 Å². The lowest BCUT2D eigenvalue weighted by Gasteiger charge is -2.12. The highest BCUT2D eigenvalue weighted by Gasteiger charge is 2.16. The fraction of sp³-hybridized carbons (Fsp3) is 0.0909. The van der Waals surface area contributed by atoms with E-state index in [4.69, 9.17) is 9.15 Å². The second kappa shape index (κ2) is 8.73. The average Bonchev–Trinajstić information content (AvgIpc) is 3.21. The summed E-state index contributed by atoms with van der Waals surface area (Å²) in [7, 11) is 1.57. The Hall–Kier alpha value is -3.80. The minimum absolute atomic E-state index is 0.0685. The number of hydrogen-bond acceptors (Lipinski definition) is 4. The van der Waals surface area contributed by atoms with Crippen molar-refractivity contribution >= 4 is 23.6 Å². The molecule has 0 bridgehead atoms. The average molecular weight is 376 g/mol. The van der Waals surface area contributed by atoms with Crippen molar-refractivity contribution in [2.45, 2.75) is 6.92 Å². The molecule has 0 atom stereocenters. The van der Waals surface area contributed by atoms with Crippen molar-refractivity contribution in [3.63, 3.8) is 0 Å². The topological polar surface area (TPSA) is 80.6 Å². The molecule has 0 aliphatic carbocycles. The third kappa shape index (κ3) is 4.67. The van der Waals surface area contributed by atoms with Gasteiger partial charge in [-0.1, -0.05) is 18.2 Å². The minimum Gasteiger partial charge on any atom is -0.497 e. The third-order valence-corrected chi connectivity index (χ3v) is 4.06. The second-order valence-electron chi connectivity index (χ2n) is 6.03. The number of benzene rings is 2. The van der Waals surface area contributed by atoms with Crippen molar-refractivity contribution < 1.29 is 18.7 Å². The Balaban J connectivity index is 1.83. The molecule has 6 nitrogen and oxygen atoms in total. The molecule has 142 valence electrons. The summed E-state index contributed by atoms with van der Waals surface area (Å²) >= 11 is 0. The molecule has 0 fully saturated rings. The van der Waals surface area contributed by atoms with Crippen LogP contribution in [0, 0.1) is 6.92 Å². The number of anilines is 1. The van der Waals surface area contributed by atoms with Gasteiger partial charge < -0.3 is 19.8 Å². The Morgan fingerprint density at radius 3 is 2.39 bits per heavy atom. The summed E-state index contributed by atoms with van der Waals surface area (Å²) in [5, 5.41) is 5.44. The lowest BCUT2D eigenvalue weighted by atomic mass is 10.1. The maximum absolute atomic E-state index is 12.8. The number of hydrogen-bond donors (Lipinski definition) is 2. The number of carbonyl (C=O) groups is 2. The molecule has 0 spiro atoms. The first-order chi connectivity index (χ1) is 13.6. The Kier molecular flexibility index (Phi) is 5.91. The number of amides is 2. The number of aryl methyl sites for hydroxylation is 1. The molecular formula is C22H20N2O4. The lowest BCUT2D eigenvalue weighted by molar-refractivity contribution is -0.113. The quantitative estimate of drug-likeness (QED) is 0.637. The summed E-state index contributed by atoms with van der Waals surface area (Å²) in [5.74, 6) is 0.284. The van der Waals surface area contributed by atoms with Crippen LogP contribution in [0.25, 0.3) is 6.08 Å². The molecular weight excluding hydrogens is 356 g/mol. The van der Waals surface area contributed by atoms with Gasteiger partial charge in [-0.15, -0.1) is 0 Å². The molecule has 2 aromatic carbocycles. The molecule has 0 radical (unpaired) electrons. The first-order valence-electron chi connectivity index (χ1n) is 8.64. The van der Waals surface area contributed by atoms with Gasteiger partial charge >= 0.3 is 0 Å². The highest BCUT2D eigenvalue weighted by molar-refractivity contribution is 6.10. The van der Waals surface area contributed by atoms with Crippen LogP contribution in [0.4, 0.5) is 5.69 Å². The van der Waals surface area contributed by atoms with Gasteiger partial charge in [0.25, 0.3) is 11.8 Å². The molecule has 0 aliphatic heterocycles. The molecule has 3 rings (SSSR count). The van der Waals surface area contributed by atoms with Crippen LogP contribution < -0.4 is 15.4 Å². The summed E-state index contributed by atoms with van der Waals surface area (Å²) in [5.41, 5.74) is 1.94. The van der Waals surface area contributed by atoms with Crippen molar-refractivity contribution in [1.29, 1.82) is 0 Å². The van der Waals surface area contributed by atoms with Crippen LogP contribution in [0.2, 0.25) is 0 Å². The van der Waals surface area contributed by atoms with Crippen LogP contribution in [-0.4, -0.2) is 18.9 Å². The summed E-state index contributed by atoms with van der Waals surface area (Å²) in [4.78, 5) is 25.4. The Morgan fingerprint density at radius 1 is 1.00 bits per heavy atom. The maximum Gasteiger partial charge on any atom is 0.272 e. The summed E-state index contributed by atoms with van der Waals surface area (Å²) in [6.07, 6.45) is 2.98. The van der Waals surface area contributed by atoms with E-state index in [2.05, 4.69) is 10.6 Å². The summed E-state index contributed by atoms with van der Waals surface area (Å²) in [6, 6.07) is 17.5. The van der Waals surface area contributed by atoms with E-state index < -0.39 is 5.91 Å². The number of nitrogens with one attached hydrogen (secondary N) is 2. The van der Waals surface area contributed by atoms with E-state index in [1.165, 1.54) is 12.3 Å². The Bertz CT molecular complexity index is 990. The fourth-order valence-corrected chi connectivity index (χ4v) is 2.56.